The van der Waals surface area contributed by atoms with Crippen molar-refractivity contribution in [2.45, 2.75) is 18.8 Å². The molecule has 6 heteroatoms. The predicted octanol–water partition coefficient (Wildman–Crippen LogP) is 4.90. The number of hydrogen-bond acceptors (Lipinski definition) is 4. The van der Waals surface area contributed by atoms with Gasteiger partial charge in [-0.05, 0) is 48.4 Å². The van der Waals surface area contributed by atoms with Gasteiger partial charge in [-0.15, -0.1) is 0 Å². The van der Waals surface area contributed by atoms with E-state index in [2.05, 4.69) is 38.4 Å². The lowest BCUT2D eigenvalue weighted by atomic mass is 9.97. The number of rotatable bonds is 7. The van der Waals surface area contributed by atoms with Gasteiger partial charge in [0.2, 0.25) is 0 Å². The zero-order chi connectivity index (χ0) is 20.8. The highest BCUT2D eigenvalue weighted by Crippen LogP contribution is 2.32. The van der Waals surface area contributed by atoms with Crippen LogP contribution in [0.4, 0.5) is 0 Å². The van der Waals surface area contributed by atoms with Crippen molar-refractivity contribution in [3.63, 3.8) is 0 Å². The number of nitrogens with one attached hydrogen (secondary N) is 1. The summed E-state index contributed by atoms with van der Waals surface area (Å²) in [6.45, 7) is 2.35. The first-order valence-corrected chi connectivity index (χ1v) is 10.3. The van der Waals surface area contributed by atoms with E-state index in [1.54, 1.807) is 32.5 Å². The standard InChI is InChI=1S/C23H23BrN2O3/c1-15-4-5-22(29-3)21(8-15)17-9-16(13-24)10-18(11-17)23(27)26-14-19-12-20(28-2)6-7-25-19/h4-12H,13-14H2,1-3H3,(H,26,27). The number of amides is 1. The van der Waals surface area contributed by atoms with Crippen molar-refractivity contribution in [1.82, 2.24) is 10.3 Å². The first-order valence-electron chi connectivity index (χ1n) is 9.16. The maximum atomic E-state index is 12.8. The second kappa shape index (κ2) is 9.56. The Labute approximate surface area is 179 Å². The van der Waals surface area contributed by atoms with Gasteiger partial charge in [0, 0.05) is 28.7 Å². The number of alkyl halides is 1. The Morgan fingerprint density at radius 1 is 1.07 bits per heavy atom. The molecule has 0 fully saturated rings. The molecule has 29 heavy (non-hydrogen) atoms. The van der Waals surface area contributed by atoms with Gasteiger partial charge in [-0.1, -0.05) is 33.6 Å². The summed E-state index contributed by atoms with van der Waals surface area (Å²) in [5.41, 5.74) is 5.35. The summed E-state index contributed by atoms with van der Waals surface area (Å²) in [6, 6.07) is 15.4. The van der Waals surface area contributed by atoms with E-state index in [1.807, 2.05) is 31.2 Å². The van der Waals surface area contributed by atoms with Gasteiger partial charge in [0.05, 0.1) is 26.5 Å². The van der Waals surface area contributed by atoms with Crippen molar-refractivity contribution in [3.8, 4) is 22.6 Å². The Kier molecular flexibility index (Phi) is 6.88. The molecule has 1 amide bonds. The molecule has 0 aliphatic carbocycles. The van der Waals surface area contributed by atoms with E-state index in [0.717, 1.165) is 33.7 Å². The van der Waals surface area contributed by atoms with Gasteiger partial charge < -0.3 is 14.8 Å². The second-order valence-electron chi connectivity index (χ2n) is 6.63. The topological polar surface area (TPSA) is 60.5 Å². The molecule has 5 nitrogen and oxygen atoms in total. The van der Waals surface area contributed by atoms with Crippen LogP contribution in [0.2, 0.25) is 0 Å². The van der Waals surface area contributed by atoms with Crippen molar-refractivity contribution >= 4 is 21.8 Å². The van der Waals surface area contributed by atoms with Crippen molar-refractivity contribution in [2.75, 3.05) is 14.2 Å². The van der Waals surface area contributed by atoms with E-state index in [-0.39, 0.29) is 5.91 Å². The molecule has 2 aromatic carbocycles. The fraction of sp³-hybridized carbons (Fsp3) is 0.217. The van der Waals surface area contributed by atoms with Gasteiger partial charge in [-0.3, -0.25) is 9.78 Å². The number of carbonyl (C=O) groups excluding carboxylic acids is 1. The van der Waals surface area contributed by atoms with Gasteiger partial charge in [-0.25, -0.2) is 0 Å². The molecule has 0 radical (unpaired) electrons. The fourth-order valence-corrected chi connectivity index (χ4v) is 3.38. The van der Waals surface area contributed by atoms with Crippen LogP contribution < -0.4 is 14.8 Å². The predicted molar refractivity (Wildman–Crippen MR) is 118 cm³/mol. The average molecular weight is 455 g/mol. The Morgan fingerprint density at radius 3 is 2.62 bits per heavy atom. The summed E-state index contributed by atoms with van der Waals surface area (Å²) < 4.78 is 10.7. The number of carbonyl (C=O) groups is 1. The van der Waals surface area contributed by atoms with E-state index < -0.39 is 0 Å². The zero-order valence-electron chi connectivity index (χ0n) is 16.7. The number of benzene rings is 2. The third kappa shape index (κ3) is 5.15. The van der Waals surface area contributed by atoms with E-state index in [0.29, 0.717) is 23.2 Å². The molecule has 3 rings (SSSR count). The lowest BCUT2D eigenvalue weighted by Crippen LogP contribution is -2.23. The Bertz CT molecular complexity index is 1020. The van der Waals surface area contributed by atoms with Crippen molar-refractivity contribution in [3.05, 3.63) is 77.1 Å². The molecular weight excluding hydrogens is 432 g/mol. The molecule has 0 bridgehead atoms. The van der Waals surface area contributed by atoms with Crippen LogP contribution in [0.1, 0.15) is 27.2 Å². The van der Waals surface area contributed by atoms with Crippen LogP contribution in [0, 0.1) is 6.92 Å². The number of nitrogens with zero attached hydrogens (tertiary/aromatic N) is 1. The number of aromatic nitrogens is 1. The molecule has 0 aliphatic rings. The largest absolute Gasteiger partial charge is 0.497 e. The Hall–Kier alpha value is -2.86. The summed E-state index contributed by atoms with van der Waals surface area (Å²) in [5.74, 6) is 1.32. The molecule has 1 heterocycles. The molecule has 0 aliphatic heterocycles. The van der Waals surface area contributed by atoms with E-state index in [4.69, 9.17) is 9.47 Å². The van der Waals surface area contributed by atoms with Crippen molar-refractivity contribution in [2.24, 2.45) is 0 Å². The highest BCUT2D eigenvalue weighted by atomic mass is 79.9. The van der Waals surface area contributed by atoms with Crippen LogP contribution in [0.3, 0.4) is 0 Å². The summed E-state index contributed by atoms with van der Waals surface area (Å²) in [6.07, 6.45) is 1.66. The fourth-order valence-electron chi connectivity index (χ4n) is 3.06. The van der Waals surface area contributed by atoms with Gasteiger partial charge in [0.15, 0.2) is 0 Å². The summed E-state index contributed by atoms with van der Waals surface area (Å²) >= 11 is 3.50. The monoisotopic (exact) mass is 454 g/mol. The number of halogens is 1. The molecule has 0 atom stereocenters. The van der Waals surface area contributed by atoms with Crippen LogP contribution in [0.25, 0.3) is 11.1 Å². The molecule has 0 unspecified atom stereocenters. The van der Waals surface area contributed by atoms with Gasteiger partial charge in [0.25, 0.3) is 5.91 Å². The van der Waals surface area contributed by atoms with Crippen LogP contribution >= 0.6 is 15.9 Å². The maximum absolute atomic E-state index is 12.8. The minimum absolute atomic E-state index is 0.162. The highest BCUT2D eigenvalue weighted by molar-refractivity contribution is 9.08. The molecule has 1 aromatic heterocycles. The molecule has 0 saturated heterocycles. The third-order valence-corrected chi connectivity index (χ3v) is 5.18. The Balaban J connectivity index is 1.88. The zero-order valence-corrected chi connectivity index (χ0v) is 18.2. The molecule has 0 spiro atoms. The molecular formula is C23H23BrN2O3. The number of ether oxygens (including phenoxy) is 2. The summed E-state index contributed by atoms with van der Waals surface area (Å²) in [4.78, 5) is 17.1. The minimum Gasteiger partial charge on any atom is -0.497 e. The first kappa shape index (κ1) is 20.9. The van der Waals surface area contributed by atoms with Gasteiger partial charge in [-0.2, -0.15) is 0 Å². The smallest absolute Gasteiger partial charge is 0.251 e. The van der Waals surface area contributed by atoms with Crippen LogP contribution in [-0.4, -0.2) is 25.1 Å². The lowest BCUT2D eigenvalue weighted by Gasteiger charge is -2.13. The van der Waals surface area contributed by atoms with Crippen molar-refractivity contribution < 1.29 is 14.3 Å². The first-order chi connectivity index (χ1) is 14.0. The quantitative estimate of drug-likeness (QED) is 0.515. The maximum Gasteiger partial charge on any atom is 0.251 e. The van der Waals surface area contributed by atoms with Gasteiger partial charge in [0.1, 0.15) is 11.5 Å². The third-order valence-electron chi connectivity index (χ3n) is 4.53. The van der Waals surface area contributed by atoms with Crippen LogP contribution in [0.5, 0.6) is 11.5 Å². The number of pyridine rings is 1. The molecule has 150 valence electrons. The average Bonchev–Trinajstić information content (AvgIpc) is 2.77. The number of methoxy groups -OCH3 is 2. The SMILES string of the molecule is COc1ccnc(CNC(=O)c2cc(CBr)cc(-c3cc(C)ccc3OC)c2)c1. The normalized spacial score (nSPS) is 10.5. The minimum atomic E-state index is -0.162. The van der Waals surface area contributed by atoms with E-state index in [9.17, 15) is 4.79 Å². The van der Waals surface area contributed by atoms with E-state index >= 15 is 0 Å². The number of aryl methyl sites for hydroxylation is 1. The van der Waals surface area contributed by atoms with Crippen LogP contribution in [0.15, 0.2) is 54.7 Å². The molecule has 1 N–H and O–H groups in total. The van der Waals surface area contributed by atoms with Crippen molar-refractivity contribution in [1.29, 1.82) is 0 Å². The van der Waals surface area contributed by atoms with Gasteiger partial charge >= 0.3 is 0 Å². The molecule has 0 saturated carbocycles. The highest BCUT2D eigenvalue weighted by Gasteiger charge is 2.13. The second-order valence-corrected chi connectivity index (χ2v) is 7.19. The lowest BCUT2D eigenvalue weighted by molar-refractivity contribution is 0.0950. The molecule has 3 aromatic rings. The van der Waals surface area contributed by atoms with Crippen LogP contribution in [-0.2, 0) is 11.9 Å². The number of hydrogen-bond donors (Lipinski definition) is 1. The summed E-state index contributed by atoms with van der Waals surface area (Å²) in [7, 11) is 3.25. The summed E-state index contributed by atoms with van der Waals surface area (Å²) in [5, 5.41) is 3.58. The Morgan fingerprint density at radius 2 is 1.90 bits per heavy atom. The van der Waals surface area contributed by atoms with E-state index in [1.165, 1.54) is 0 Å².